The zero-order valence-electron chi connectivity index (χ0n) is 10.00. The molecule has 1 aromatic rings. The molecule has 2 rings (SSSR count). The van der Waals surface area contributed by atoms with Gasteiger partial charge < -0.3 is 5.32 Å². The summed E-state index contributed by atoms with van der Waals surface area (Å²) in [5, 5.41) is 2.43. The van der Waals surface area contributed by atoms with Crippen molar-refractivity contribution in [1.29, 1.82) is 0 Å². The lowest BCUT2D eigenvalue weighted by Crippen LogP contribution is -2.40. The van der Waals surface area contributed by atoms with Crippen molar-refractivity contribution in [2.75, 3.05) is 13.1 Å². The summed E-state index contributed by atoms with van der Waals surface area (Å²) in [5.41, 5.74) is 0.0963. The molecule has 0 unspecified atom stereocenters. The summed E-state index contributed by atoms with van der Waals surface area (Å²) >= 11 is 0. The van der Waals surface area contributed by atoms with Gasteiger partial charge in [-0.05, 0) is 12.1 Å². The molecule has 0 saturated heterocycles. The van der Waals surface area contributed by atoms with Gasteiger partial charge in [-0.2, -0.15) is 0 Å². The summed E-state index contributed by atoms with van der Waals surface area (Å²) in [4.78, 5) is 23.4. The van der Waals surface area contributed by atoms with Crippen LogP contribution in [0.2, 0.25) is 0 Å². The van der Waals surface area contributed by atoms with Crippen LogP contribution in [0.3, 0.4) is 0 Å². The molecular formula is C12H12N2O4S. The van der Waals surface area contributed by atoms with Gasteiger partial charge in [-0.1, -0.05) is 18.2 Å². The number of carbonyl (C=O) groups is 2. The van der Waals surface area contributed by atoms with Crippen LogP contribution in [-0.2, 0) is 14.8 Å². The number of sulfonamides is 1. The zero-order valence-corrected chi connectivity index (χ0v) is 10.8. The van der Waals surface area contributed by atoms with Gasteiger partial charge in [0.05, 0.1) is 5.56 Å². The fourth-order valence-electron chi connectivity index (χ4n) is 1.76. The van der Waals surface area contributed by atoms with Gasteiger partial charge >= 0.3 is 0 Å². The molecule has 6 nitrogen and oxygen atoms in total. The molecule has 0 bridgehead atoms. The van der Waals surface area contributed by atoms with Crippen molar-refractivity contribution in [3.05, 3.63) is 42.5 Å². The molecule has 0 radical (unpaired) electrons. The first-order valence-corrected chi connectivity index (χ1v) is 6.96. The molecule has 0 spiro atoms. The number of nitrogens with one attached hydrogen (secondary N) is 1. The largest absolute Gasteiger partial charge is 0.351 e. The van der Waals surface area contributed by atoms with Gasteiger partial charge in [-0.25, -0.2) is 12.7 Å². The van der Waals surface area contributed by atoms with E-state index in [4.69, 9.17) is 0 Å². The quantitative estimate of drug-likeness (QED) is 0.795. The number of carbonyl (C=O) groups excluding carboxylic acids is 2. The summed E-state index contributed by atoms with van der Waals surface area (Å²) in [7, 11) is -3.92. The monoisotopic (exact) mass is 280 g/mol. The second-order valence-electron chi connectivity index (χ2n) is 3.91. The van der Waals surface area contributed by atoms with Gasteiger partial charge in [0.15, 0.2) is 0 Å². The molecule has 1 aliphatic rings. The average molecular weight is 280 g/mol. The maximum Gasteiger partial charge on any atom is 0.269 e. The van der Waals surface area contributed by atoms with Crippen LogP contribution in [0.15, 0.2) is 41.8 Å². The molecule has 0 saturated carbocycles. The minimum absolute atomic E-state index is 0.0588. The lowest BCUT2D eigenvalue weighted by atomic mass is 10.2. The molecule has 0 aromatic heterocycles. The highest BCUT2D eigenvalue weighted by Gasteiger charge is 2.41. The SMILES string of the molecule is C=CCNC(=O)CN1C(=O)c2ccccc2S1(=O)=O. The van der Waals surface area contributed by atoms with Crippen LogP contribution in [0.4, 0.5) is 0 Å². The Morgan fingerprint density at radius 1 is 1.37 bits per heavy atom. The molecule has 0 atom stereocenters. The Bertz CT molecular complexity index is 651. The van der Waals surface area contributed by atoms with Crippen LogP contribution in [-0.4, -0.2) is 37.6 Å². The topological polar surface area (TPSA) is 83.6 Å². The van der Waals surface area contributed by atoms with E-state index in [-0.39, 0.29) is 17.0 Å². The van der Waals surface area contributed by atoms with E-state index in [0.717, 1.165) is 0 Å². The first-order chi connectivity index (χ1) is 8.98. The van der Waals surface area contributed by atoms with Crippen molar-refractivity contribution in [3.63, 3.8) is 0 Å². The lowest BCUT2D eigenvalue weighted by Gasteiger charge is -2.14. The van der Waals surface area contributed by atoms with Crippen LogP contribution in [0.25, 0.3) is 0 Å². The summed E-state index contributed by atoms with van der Waals surface area (Å²) < 4.78 is 24.8. The third-order valence-corrected chi connectivity index (χ3v) is 4.43. The highest BCUT2D eigenvalue weighted by molar-refractivity contribution is 7.90. The van der Waals surface area contributed by atoms with Gasteiger partial charge in [0.25, 0.3) is 15.9 Å². The second-order valence-corrected chi connectivity index (χ2v) is 5.74. The Labute approximate surface area is 110 Å². The van der Waals surface area contributed by atoms with E-state index in [9.17, 15) is 18.0 Å². The maximum absolute atomic E-state index is 12.1. The van der Waals surface area contributed by atoms with Crippen LogP contribution >= 0.6 is 0 Å². The summed E-state index contributed by atoms with van der Waals surface area (Å²) in [5.74, 6) is -1.23. The minimum Gasteiger partial charge on any atom is -0.351 e. The van der Waals surface area contributed by atoms with Gasteiger partial charge in [0, 0.05) is 6.54 Å². The summed E-state index contributed by atoms with van der Waals surface area (Å²) in [6, 6.07) is 5.89. The van der Waals surface area contributed by atoms with Crippen LogP contribution < -0.4 is 5.32 Å². The number of hydrogen-bond donors (Lipinski definition) is 1. The number of amides is 2. The van der Waals surface area contributed by atoms with E-state index in [1.165, 1.54) is 24.3 Å². The van der Waals surface area contributed by atoms with E-state index in [1.807, 2.05) is 0 Å². The number of nitrogens with zero attached hydrogens (tertiary/aromatic N) is 1. The predicted molar refractivity (Wildman–Crippen MR) is 67.9 cm³/mol. The Morgan fingerprint density at radius 2 is 2.05 bits per heavy atom. The fraction of sp³-hybridized carbons (Fsp3) is 0.167. The third-order valence-electron chi connectivity index (χ3n) is 2.64. The zero-order chi connectivity index (χ0) is 14.0. The van der Waals surface area contributed by atoms with Crippen LogP contribution in [0, 0.1) is 0 Å². The van der Waals surface area contributed by atoms with Gasteiger partial charge in [0.1, 0.15) is 11.4 Å². The van der Waals surface area contributed by atoms with Crippen LogP contribution in [0.5, 0.6) is 0 Å². The van der Waals surface area contributed by atoms with Crippen LogP contribution in [0.1, 0.15) is 10.4 Å². The molecule has 7 heteroatoms. The standard InChI is InChI=1S/C12H12N2O4S/c1-2-7-13-11(15)8-14-12(16)9-5-3-4-6-10(9)19(14,17)18/h2-6H,1,7-8H2,(H,13,15). The molecule has 1 heterocycles. The molecule has 0 fully saturated rings. The predicted octanol–water partition coefficient (Wildman–Crippen LogP) is 0.133. The highest BCUT2D eigenvalue weighted by atomic mass is 32.2. The first-order valence-electron chi connectivity index (χ1n) is 5.52. The van der Waals surface area contributed by atoms with Crippen molar-refractivity contribution < 1.29 is 18.0 Å². The molecule has 2 amide bonds. The normalized spacial score (nSPS) is 16.0. The maximum atomic E-state index is 12.1. The van der Waals surface area contributed by atoms with Gasteiger partial charge in [-0.3, -0.25) is 9.59 Å². The molecule has 1 N–H and O–H groups in total. The lowest BCUT2D eigenvalue weighted by molar-refractivity contribution is -0.120. The Morgan fingerprint density at radius 3 is 2.68 bits per heavy atom. The number of rotatable bonds is 4. The van der Waals surface area contributed by atoms with E-state index < -0.39 is 28.4 Å². The van der Waals surface area contributed by atoms with E-state index in [2.05, 4.69) is 11.9 Å². The van der Waals surface area contributed by atoms with Crippen molar-refractivity contribution in [3.8, 4) is 0 Å². The molecule has 1 aliphatic heterocycles. The molecule has 19 heavy (non-hydrogen) atoms. The molecule has 1 aromatic carbocycles. The Hall–Kier alpha value is -2.15. The highest BCUT2D eigenvalue weighted by Crippen LogP contribution is 2.29. The second kappa shape index (κ2) is 4.85. The Kier molecular flexibility index (Phi) is 3.39. The molecule has 0 aliphatic carbocycles. The molecular weight excluding hydrogens is 268 g/mol. The van der Waals surface area contributed by atoms with Gasteiger partial charge in [0.2, 0.25) is 5.91 Å². The van der Waals surface area contributed by atoms with E-state index in [1.54, 1.807) is 6.07 Å². The third kappa shape index (κ3) is 2.24. The summed E-state index contributed by atoms with van der Waals surface area (Å²) in [6.07, 6.45) is 1.47. The average Bonchev–Trinajstić information content (AvgIpc) is 2.58. The smallest absolute Gasteiger partial charge is 0.269 e. The number of fused-ring (bicyclic) bond motifs is 1. The van der Waals surface area contributed by atoms with E-state index in [0.29, 0.717) is 4.31 Å². The van der Waals surface area contributed by atoms with Gasteiger partial charge in [-0.15, -0.1) is 6.58 Å². The van der Waals surface area contributed by atoms with E-state index >= 15 is 0 Å². The van der Waals surface area contributed by atoms with Crippen molar-refractivity contribution in [1.82, 2.24) is 9.62 Å². The van der Waals surface area contributed by atoms with Crippen molar-refractivity contribution in [2.45, 2.75) is 4.90 Å². The fourth-order valence-corrected chi connectivity index (χ4v) is 3.28. The van der Waals surface area contributed by atoms with Crippen molar-refractivity contribution >= 4 is 21.8 Å². The van der Waals surface area contributed by atoms with Crippen molar-refractivity contribution in [2.24, 2.45) is 0 Å². The first kappa shape index (κ1) is 13.3. The number of benzene rings is 1. The Balaban J connectivity index is 2.28. The molecule has 100 valence electrons. The summed E-state index contributed by atoms with van der Waals surface area (Å²) in [6.45, 7) is 3.12. The minimum atomic E-state index is -3.92. The number of hydrogen-bond acceptors (Lipinski definition) is 4.